The maximum absolute atomic E-state index is 13.1. The highest BCUT2D eigenvalue weighted by atomic mass is 32.2. The van der Waals surface area contributed by atoms with E-state index in [1.165, 1.54) is 38.8 Å². The predicted molar refractivity (Wildman–Crippen MR) is 126 cm³/mol. The van der Waals surface area contributed by atoms with Crippen molar-refractivity contribution in [2.45, 2.75) is 19.0 Å². The van der Waals surface area contributed by atoms with Gasteiger partial charge in [-0.1, -0.05) is 48.2 Å². The van der Waals surface area contributed by atoms with Gasteiger partial charge >= 0.3 is 0 Å². The number of thioether (sulfide) groups is 1. The van der Waals surface area contributed by atoms with Gasteiger partial charge in [-0.2, -0.15) is 0 Å². The number of hydrogen-bond donors (Lipinski definition) is 1. The molecule has 30 heavy (non-hydrogen) atoms. The number of thiophene rings is 1. The Hall–Kier alpha value is -2.90. The van der Waals surface area contributed by atoms with Crippen LogP contribution in [0.5, 0.6) is 0 Å². The lowest BCUT2D eigenvalue weighted by molar-refractivity contribution is -0.113. The van der Waals surface area contributed by atoms with Crippen LogP contribution in [0.1, 0.15) is 11.1 Å². The Morgan fingerprint density at radius 2 is 1.90 bits per heavy atom. The van der Waals surface area contributed by atoms with E-state index in [-0.39, 0.29) is 17.2 Å². The minimum absolute atomic E-state index is 0.0968. The smallest absolute Gasteiger partial charge is 0.263 e. The van der Waals surface area contributed by atoms with Gasteiger partial charge in [0.05, 0.1) is 11.1 Å². The summed E-state index contributed by atoms with van der Waals surface area (Å²) in [5.41, 5.74) is 4.98. The first kappa shape index (κ1) is 20.4. The van der Waals surface area contributed by atoms with Gasteiger partial charge in [-0.25, -0.2) is 4.98 Å². The van der Waals surface area contributed by atoms with Gasteiger partial charge in [0.1, 0.15) is 4.83 Å². The number of anilines is 1. The quantitative estimate of drug-likeness (QED) is 0.354. The number of para-hydroxylation sites is 1. The zero-order chi connectivity index (χ0) is 21.3. The lowest BCUT2D eigenvalue weighted by Crippen LogP contribution is -2.21. The molecule has 152 valence electrons. The first-order valence-electron chi connectivity index (χ1n) is 9.47. The number of aromatic nitrogens is 2. The van der Waals surface area contributed by atoms with Crippen molar-refractivity contribution in [1.82, 2.24) is 9.55 Å². The molecule has 0 aliphatic heterocycles. The molecule has 2 aromatic heterocycles. The molecule has 0 saturated heterocycles. The van der Waals surface area contributed by atoms with E-state index in [2.05, 4.69) is 36.3 Å². The average Bonchev–Trinajstić information content (AvgIpc) is 3.16. The van der Waals surface area contributed by atoms with E-state index in [1.807, 2.05) is 41.8 Å². The van der Waals surface area contributed by atoms with Crippen LogP contribution in [-0.2, 0) is 11.8 Å². The highest BCUT2D eigenvalue weighted by Gasteiger charge is 2.17. The molecule has 4 rings (SSSR count). The standard InChI is InChI=1S/C23H21N3O2S2/c1-14-9-10-16(11-15(14)2)18-12-29-21-20(18)22(28)26(3)23(25-21)30-13-19(27)24-17-7-5-4-6-8-17/h4-12H,13H2,1-3H3,(H,24,27). The molecule has 0 fully saturated rings. The molecule has 4 aromatic rings. The van der Waals surface area contributed by atoms with Crippen LogP contribution in [0.3, 0.4) is 0 Å². The Bertz CT molecular complexity index is 1290. The molecule has 1 N–H and O–H groups in total. The summed E-state index contributed by atoms with van der Waals surface area (Å²) in [5, 5.41) is 5.99. The summed E-state index contributed by atoms with van der Waals surface area (Å²) >= 11 is 2.71. The van der Waals surface area contributed by atoms with Gasteiger partial charge in [0.25, 0.3) is 5.56 Å². The molecular weight excluding hydrogens is 414 g/mol. The minimum Gasteiger partial charge on any atom is -0.325 e. The number of carbonyl (C=O) groups is 1. The normalized spacial score (nSPS) is 11.0. The third-order valence-corrected chi connectivity index (χ3v) is 6.88. The third kappa shape index (κ3) is 4.04. The SMILES string of the molecule is Cc1ccc(-c2csc3nc(SCC(=O)Nc4ccccc4)n(C)c(=O)c23)cc1C. The van der Waals surface area contributed by atoms with Crippen LogP contribution in [0.4, 0.5) is 5.69 Å². The van der Waals surface area contributed by atoms with E-state index in [0.717, 1.165) is 16.8 Å². The van der Waals surface area contributed by atoms with E-state index in [9.17, 15) is 9.59 Å². The molecular formula is C23H21N3O2S2. The zero-order valence-electron chi connectivity index (χ0n) is 16.9. The van der Waals surface area contributed by atoms with Gasteiger partial charge in [0.2, 0.25) is 5.91 Å². The molecule has 0 atom stereocenters. The second kappa shape index (κ2) is 8.45. The largest absolute Gasteiger partial charge is 0.325 e. The van der Waals surface area contributed by atoms with Gasteiger partial charge in [-0.05, 0) is 42.7 Å². The number of fused-ring (bicyclic) bond motifs is 1. The van der Waals surface area contributed by atoms with Crippen LogP contribution in [-0.4, -0.2) is 21.2 Å². The first-order valence-corrected chi connectivity index (χ1v) is 11.3. The number of hydrogen-bond acceptors (Lipinski definition) is 5. The van der Waals surface area contributed by atoms with Crippen molar-refractivity contribution in [3.8, 4) is 11.1 Å². The molecule has 0 radical (unpaired) electrons. The van der Waals surface area contributed by atoms with Crippen LogP contribution < -0.4 is 10.9 Å². The number of aryl methyl sites for hydroxylation is 2. The molecule has 0 saturated carbocycles. The number of benzene rings is 2. The van der Waals surface area contributed by atoms with E-state index in [4.69, 9.17) is 0 Å². The molecule has 0 aliphatic carbocycles. The number of carbonyl (C=O) groups excluding carboxylic acids is 1. The molecule has 2 aromatic carbocycles. The second-order valence-electron chi connectivity index (χ2n) is 7.09. The van der Waals surface area contributed by atoms with Crippen LogP contribution in [0.2, 0.25) is 0 Å². The lowest BCUT2D eigenvalue weighted by Gasteiger charge is -2.09. The van der Waals surface area contributed by atoms with Crippen molar-refractivity contribution in [2.24, 2.45) is 7.05 Å². The number of amides is 1. The third-order valence-electron chi connectivity index (χ3n) is 4.98. The summed E-state index contributed by atoms with van der Waals surface area (Å²) in [6.45, 7) is 4.14. The highest BCUT2D eigenvalue weighted by molar-refractivity contribution is 7.99. The topological polar surface area (TPSA) is 64.0 Å². The first-order chi connectivity index (χ1) is 14.4. The Morgan fingerprint density at radius 1 is 1.13 bits per heavy atom. The van der Waals surface area contributed by atoms with Crippen molar-refractivity contribution in [1.29, 1.82) is 0 Å². The molecule has 0 unspecified atom stereocenters. The van der Waals surface area contributed by atoms with Crippen molar-refractivity contribution in [3.05, 3.63) is 75.4 Å². The summed E-state index contributed by atoms with van der Waals surface area (Å²) in [4.78, 5) is 30.7. The summed E-state index contributed by atoms with van der Waals surface area (Å²) in [6, 6.07) is 15.5. The number of nitrogens with one attached hydrogen (secondary N) is 1. The molecule has 1 amide bonds. The second-order valence-corrected chi connectivity index (χ2v) is 8.89. The molecule has 2 heterocycles. The van der Waals surface area contributed by atoms with Gasteiger partial charge in [-0.3, -0.25) is 14.2 Å². The van der Waals surface area contributed by atoms with Crippen LogP contribution in [0.25, 0.3) is 21.3 Å². The maximum Gasteiger partial charge on any atom is 0.263 e. The summed E-state index contributed by atoms with van der Waals surface area (Å²) in [6.07, 6.45) is 0. The summed E-state index contributed by atoms with van der Waals surface area (Å²) in [5.74, 6) is 0.0401. The maximum atomic E-state index is 13.1. The fourth-order valence-electron chi connectivity index (χ4n) is 3.15. The fraction of sp³-hybridized carbons (Fsp3) is 0.174. The van der Waals surface area contributed by atoms with E-state index >= 15 is 0 Å². The Kier molecular flexibility index (Phi) is 5.74. The van der Waals surface area contributed by atoms with E-state index in [0.29, 0.717) is 15.4 Å². The Balaban J connectivity index is 1.60. The molecule has 0 bridgehead atoms. The van der Waals surface area contributed by atoms with E-state index < -0.39 is 0 Å². The van der Waals surface area contributed by atoms with Gasteiger partial charge in [0.15, 0.2) is 5.16 Å². The summed E-state index contributed by atoms with van der Waals surface area (Å²) in [7, 11) is 1.70. The predicted octanol–water partition coefficient (Wildman–Crippen LogP) is 5.01. The van der Waals surface area contributed by atoms with Crippen molar-refractivity contribution >= 4 is 44.9 Å². The number of nitrogens with zero attached hydrogens (tertiary/aromatic N) is 2. The van der Waals surface area contributed by atoms with Crippen molar-refractivity contribution in [3.63, 3.8) is 0 Å². The number of rotatable bonds is 5. The van der Waals surface area contributed by atoms with Crippen LogP contribution in [0, 0.1) is 13.8 Å². The van der Waals surface area contributed by atoms with Crippen molar-refractivity contribution in [2.75, 3.05) is 11.1 Å². The molecule has 7 heteroatoms. The van der Waals surface area contributed by atoms with Gasteiger partial charge < -0.3 is 5.32 Å². The Labute approximate surface area is 182 Å². The lowest BCUT2D eigenvalue weighted by atomic mass is 10.0. The minimum atomic E-state index is -0.137. The monoisotopic (exact) mass is 435 g/mol. The Morgan fingerprint density at radius 3 is 2.63 bits per heavy atom. The highest BCUT2D eigenvalue weighted by Crippen LogP contribution is 2.33. The summed E-state index contributed by atoms with van der Waals surface area (Å²) < 4.78 is 1.53. The van der Waals surface area contributed by atoms with Crippen LogP contribution in [0.15, 0.2) is 63.9 Å². The van der Waals surface area contributed by atoms with Gasteiger partial charge in [-0.15, -0.1) is 11.3 Å². The van der Waals surface area contributed by atoms with Crippen molar-refractivity contribution < 1.29 is 4.79 Å². The zero-order valence-corrected chi connectivity index (χ0v) is 18.6. The van der Waals surface area contributed by atoms with Gasteiger partial charge in [0, 0.05) is 23.7 Å². The van der Waals surface area contributed by atoms with Crippen LogP contribution >= 0.6 is 23.1 Å². The molecule has 5 nitrogen and oxygen atoms in total. The fourth-order valence-corrected chi connectivity index (χ4v) is 4.91. The molecule has 0 aliphatic rings. The van der Waals surface area contributed by atoms with E-state index in [1.54, 1.807) is 7.05 Å². The molecule has 0 spiro atoms. The average molecular weight is 436 g/mol.